The van der Waals surface area contributed by atoms with Crippen molar-refractivity contribution in [1.82, 2.24) is 10.2 Å². The number of hydrogen-bond donors (Lipinski definition) is 2. The van der Waals surface area contributed by atoms with Gasteiger partial charge in [0.15, 0.2) is 5.96 Å². The zero-order valence-corrected chi connectivity index (χ0v) is 17.1. The second-order valence-corrected chi connectivity index (χ2v) is 6.87. The number of halogens is 1. The number of nitrogens with two attached hydrogens (primary N) is 1. The van der Waals surface area contributed by atoms with Crippen molar-refractivity contribution in [3.63, 3.8) is 0 Å². The molecule has 3 N–H and O–H groups in total. The van der Waals surface area contributed by atoms with Crippen LogP contribution in [0.3, 0.4) is 0 Å². The van der Waals surface area contributed by atoms with Crippen molar-refractivity contribution in [2.24, 2.45) is 10.7 Å². The van der Waals surface area contributed by atoms with Gasteiger partial charge in [0.05, 0.1) is 0 Å². The predicted octanol–water partition coefficient (Wildman–Crippen LogP) is 3.16. The van der Waals surface area contributed by atoms with Gasteiger partial charge in [-0.25, -0.2) is 0 Å². The maximum Gasteiger partial charge on any atom is 0.223 e. The van der Waals surface area contributed by atoms with Gasteiger partial charge in [-0.05, 0) is 30.4 Å². The molecule has 1 aliphatic carbocycles. The van der Waals surface area contributed by atoms with Crippen LogP contribution in [0.15, 0.2) is 29.3 Å². The predicted molar refractivity (Wildman–Crippen MR) is 112 cm³/mol. The minimum atomic E-state index is 0. The first kappa shape index (κ1) is 20.0. The molecule has 1 heterocycles. The van der Waals surface area contributed by atoms with Crippen LogP contribution in [0.25, 0.3) is 0 Å². The van der Waals surface area contributed by atoms with Crippen molar-refractivity contribution >= 4 is 35.8 Å². The molecule has 0 radical (unpaired) electrons. The van der Waals surface area contributed by atoms with E-state index in [9.17, 15) is 4.79 Å². The van der Waals surface area contributed by atoms with Gasteiger partial charge >= 0.3 is 0 Å². The fourth-order valence-corrected chi connectivity index (χ4v) is 3.60. The highest BCUT2D eigenvalue weighted by Crippen LogP contribution is 2.23. The van der Waals surface area contributed by atoms with E-state index in [2.05, 4.69) is 22.4 Å². The lowest BCUT2D eigenvalue weighted by atomic mass is 9.96. The summed E-state index contributed by atoms with van der Waals surface area (Å²) in [6, 6.07) is 8.75. The average molecular weight is 456 g/mol. The number of fused-ring (bicyclic) bond motifs is 1. The molecule has 5 nitrogen and oxygen atoms in total. The van der Waals surface area contributed by atoms with E-state index in [1.165, 1.54) is 43.2 Å². The molecule has 6 heteroatoms. The Hall–Kier alpha value is -1.31. The van der Waals surface area contributed by atoms with Crippen LogP contribution >= 0.6 is 24.0 Å². The van der Waals surface area contributed by atoms with Gasteiger partial charge in [0, 0.05) is 32.1 Å². The lowest BCUT2D eigenvalue weighted by Crippen LogP contribution is -2.41. The fourth-order valence-electron chi connectivity index (χ4n) is 3.60. The van der Waals surface area contributed by atoms with Crippen molar-refractivity contribution in [3.8, 4) is 0 Å². The van der Waals surface area contributed by atoms with Gasteiger partial charge in [0.25, 0.3) is 0 Å². The molecule has 1 amide bonds. The molecule has 1 aromatic carbocycles. The highest BCUT2D eigenvalue weighted by atomic mass is 127. The molecule has 1 fully saturated rings. The Morgan fingerprint density at radius 2 is 1.80 bits per heavy atom. The summed E-state index contributed by atoms with van der Waals surface area (Å²) >= 11 is 0. The third-order valence-electron chi connectivity index (χ3n) is 4.98. The molecule has 0 unspecified atom stereocenters. The topological polar surface area (TPSA) is 70.7 Å². The first-order chi connectivity index (χ1) is 11.7. The number of hydrogen-bond acceptors (Lipinski definition) is 2. The molecule has 1 saturated carbocycles. The Kier molecular flexibility index (Phi) is 7.99. The van der Waals surface area contributed by atoms with Crippen molar-refractivity contribution in [1.29, 1.82) is 0 Å². The van der Waals surface area contributed by atoms with Crippen molar-refractivity contribution in [3.05, 3.63) is 35.4 Å². The molecule has 0 spiro atoms. The lowest BCUT2D eigenvalue weighted by Gasteiger charge is -2.23. The Balaban J connectivity index is 0.00000225. The fraction of sp³-hybridized carbons (Fsp3) is 0.579. The SMILES string of the molecule is I.NC(=NCCCC(=O)N1Cc2ccccc2C1)NC1CCCCC1. The smallest absolute Gasteiger partial charge is 0.223 e. The van der Waals surface area contributed by atoms with Crippen LogP contribution in [-0.4, -0.2) is 29.4 Å². The van der Waals surface area contributed by atoms with E-state index in [0.29, 0.717) is 25.0 Å². The Morgan fingerprint density at radius 1 is 1.16 bits per heavy atom. The van der Waals surface area contributed by atoms with Gasteiger partial charge in [0.2, 0.25) is 5.91 Å². The van der Waals surface area contributed by atoms with Crippen LogP contribution in [-0.2, 0) is 17.9 Å². The van der Waals surface area contributed by atoms with E-state index < -0.39 is 0 Å². The van der Waals surface area contributed by atoms with Gasteiger partial charge in [0.1, 0.15) is 0 Å². The van der Waals surface area contributed by atoms with E-state index in [1.54, 1.807) is 0 Å². The van der Waals surface area contributed by atoms with Gasteiger partial charge in [-0.2, -0.15) is 0 Å². The van der Waals surface area contributed by atoms with Gasteiger partial charge in [-0.1, -0.05) is 43.5 Å². The standard InChI is InChI=1S/C19H28N4O.HI/c20-19(22-17-9-2-1-3-10-17)21-12-6-11-18(24)23-13-15-7-4-5-8-16(15)14-23;/h4-5,7-8,17H,1-3,6,9-14H2,(H3,20,21,22);1H. The van der Waals surface area contributed by atoms with Crippen molar-refractivity contribution < 1.29 is 4.79 Å². The molecule has 1 aliphatic heterocycles. The summed E-state index contributed by atoms with van der Waals surface area (Å²) in [4.78, 5) is 18.6. The molecular weight excluding hydrogens is 427 g/mol. The Labute approximate surface area is 167 Å². The summed E-state index contributed by atoms with van der Waals surface area (Å²) < 4.78 is 0. The summed E-state index contributed by atoms with van der Waals surface area (Å²) in [6.07, 6.45) is 7.54. The third-order valence-corrected chi connectivity index (χ3v) is 4.98. The van der Waals surface area contributed by atoms with Crippen LogP contribution in [0.1, 0.15) is 56.1 Å². The number of rotatable bonds is 5. The minimum Gasteiger partial charge on any atom is -0.370 e. The summed E-state index contributed by atoms with van der Waals surface area (Å²) in [6.45, 7) is 2.09. The largest absolute Gasteiger partial charge is 0.370 e. The summed E-state index contributed by atoms with van der Waals surface area (Å²) in [5, 5.41) is 3.31. The van der Waals surface area contributed by atoms with Crippen LogP contribution in [0.5, 0.6) is 0 Å². The number of guanidine groups is 1. The molecule has 25 heavy (non-hydrogen) atoms. The zero-order chi connectivity index (χ0) is 16.8. The quantitative estimate of drug-likeness (QED) is 0.310. The van der Waals surface area contributed by atoms with E-state index in [0.717, 1.165) is 19.5 Å². The molecular formula is C19H29IN4O. The maximum atomic E-state index is 12.3. The molecule has 0 saturated heterocycles. The second-order valence-electron chi connectivity index (χ2n) is 6.87. The highest BCUT2D eigenvalue weighted by molar-refractivity contribution is 14.0. The average Bonchev–Trinajstić information content (AvgIpc) is 3.04. The maximum absolute atomic E-state index is 12.3. The normalized spacial score (nSPS) is 17.8. The highest BCUT2D eigenvalue weighted by Gasteiger charge is 2.22. The molecule has 0 aromatic heterocycles. The lowest BCUT2D eigenvalue weighted by molar-refractivity contribution is -0.131. The second kappa shape index (κ2) is 9.99. The molecule has 138 valence electrons. The van der Waals surface area contributed by atoms with Gasteiger partial charge in [-0.15, -0.1) is 24.0 Å². The monoisotopic (exact) mass is 456 g/mol. The number of aliphatic imine (C=N–C) groups is 1. The van der Waals surface area contributed by atoms with Crippen molar-refractivity contribution in [2.75, 3.05) is 6.54 Å². The molecule has 3 rings (SSSR count). The summed E-state index contributed by atoms with van der Waals surface area (Å²) in [7, 11) is 0. The van der Waals surface area contributed by atoms with E-state index in [4.69, 9.17) is 5.73 Å². The van der Waals surface area contributed by atoms with Crippen LogP contribution < -0.4 is 11.1 Å². The number of carbonyl (C=O) groups is 1. The third kappa shape index (κ3) is 5.87. The minimum absolute atomic E-state index is 0. The number of nitrogens with one attached hydrogen (secondary N) is 1. The van der Waals surface area contributed by atoms with Gasteiger partial charge in [-0.3, -0.25) is 9.79 Å². The molecule has 0 atom stereocenters. The zero-order valence-electron chi connectivity index (χ0n) is 14.7. The first-order valence-corrected chi connectivity index (χ1v) is 9.13. The number of nitrogens with zero attached hydrogens (tertiary/aromatic N) is 2. The summed E-state index contributed by atoms with van der Waals surface area (Å²) in [5.41, 5.74) is 8.48. The van der Waals surface area contributed by atoms with Crippen molar-refractivity contribution in [2.45, 2.75) is 64.1 Å². The summed E-state index contributed by atoms with van der Waals surface area (Å²) in [5.74, 6) is 0.739. The van der Waals surface area contributed by atoms with Crippen LogP contribution in [0, 0.1) is 0 Å². The Morgan fingerprint density at radius 3 is 2.44 bits per heavy atom. The number of carbonyl (C=O) groups excluding carboxylic acids is 1. The Bertz CT molecular complexity index is 574. The number of benzene rings is 1. The number of amides is 1. The van der Waals surface area contributed by atoms with E-state index in [1.807, 2.05) is 17.0 Å². The van der Waals surface area contributed by atoms with Crippen LogP contribution in [0.2, 0.25) is 0 Å². The molecule has 1 aromatic rings. The van der Waals surface area contributed by atoms with Crippen LogP contribution in [0.4, 0.5) is 0 Å². The molecule has 0 bridgehead atoms. The molecule has 2 aliphatic rings. The van der Waals surface area contributed by atoms with E-state index >= 15 is 0 Å². The van der Waals surface area contributed by atoms with E-state index in [-0.39, 0.29) is 29.9 Å². The van der Waals surface area contributed by atoms with Gasteiger partial charge < -0.3 is 16.0 Å². The first-order valence-electron chi connectivity index (χ1n) is 9.13.